The molecule has 4 aliphatic carbocycles. The van der Waals surface area contributed by atoms with Crippen molar-refractivity contribution in [1.82, 2.24) is 9.62 Å². The fraction of sp³-hybridized carbons (Fsp3) is 0.906. The first-order valence-electron chi connectivity index (χ1n) is 16.2. The van der Waals surface area contributed by atoms with Crippen LogP contribution < -0.4 is 4.72 Å². The Morgan fingerprint density at radius 2 is 1.79 bits per heavy atom. The molecule has 5 rings (SSSR count). The van der Waals surface area contributed by atoms with E-state index in [9.17, 15) is 31.5 Å². The molecule has 10 heteroatoms. The van der Waals surface area contributed by atoms with Crippen LogP contribution in [0.15, 0.2) is 11.6 Å². The maximum absolute atomic E-state index is 13.6. The van der Waals surface area contributed by atoms with E-state index < -0.39 is 28.2 Å². The van der Waals surface area contributed by atoms with Crippen molar-refractivity contribution in [1.29, 1.82) is 0 Å². The van der Waals surface area contributed by atoms with E-state index in [1.165, 1.54) is 31.3 Å². The van der Waals surface area contributed by atoms with Crippen molar-refractivity contribution in [3.8, 4) is 0 Å². The molecule has 0 aromatic rings. The van der Waals surface area contributed by atoms with E-state index in [0.717, 1.165) is 38.4 Å². The maximum atomic E-state index is 13.6. The summed E-state index contributed by atoms with van der Waals surface area (Å²) in [4.78, 5) is 14.8. The van der Waals surface area contributed by atoms with Gasteiger partial charge in [0, 0.05) is 19.5 Å². The number of alkyl halides is 3. The highest BCUT2D eigenvalue weighted by molar-refractivity contribution is 7.88. The van der Waals surface area contributed by atoms with Crippen LogP contribution in [-0.4, -0.2) is 62.0 Å². The molecule has 9 atom stereocenters. The number of allylic oxidation sites excluding steroid dienone is 1. The fourth-order valence-corrected chi connectivity index (χ4v) is 11.3. The van der Waals surface area contributed by atoms with Crippen LogP contribution in [0.25, 0.3) is 0 Å². The minimum atomic E-state index is -4.67. The number of nitrogens with zero attached hydrogens (tertiary/aromatic N) is 1. The van der Waals surface area contributed by atoms with Crippen LogP contribution in [0.5, 0.6) is 0 Å². The van der Waals surface area contributed by atoms with Crippen LogP contribution in [-0.2, 0) is 14.8 Å². The number of nitrogens with one attached hydrogen (secondary N) is 1. The molecule has 42 heavy (non-hydrogen) atoms. The van der Waals surface area contributed by atoms with Crippen molar-refractivity contribution in [3.05, 3.63) is 11.6 Å². The summed E-state index contributed by atoms with van der Waals surface area (Å²) in [5, 5.41) is 10.3. The minimum Gasteiger partial charge on any atom is -0.393 e. The normalized spacial score (nSPS) is 39.1. The van der Waals surface area contributed by atoms with Gasteiger partial charge in [-0.1, -0.05) is 32.4 Å². The van der Waals surface area contributed by atoms with Gasteiger partial charge in [0.15, 0.2) is 0 Å². The summed E-state index contributed by atoms with van der Waals surface area (Å²) in [7, 11) is -4.01. The molecule has 0 bridgehead atoms. The highest BCUT2D eigenvalue weighted by Crippen LogP contribution is 2.67. The van der Waals surface area contributed by atoms with Gasteiger partial charge in [-0.25, -0.2) is 13.1 Å². The number of hydrogen-bond donors (Lipinski definition) is 2. The summed E-state index contributed by atoms with van der Waals surface area (Å²) in [5.74, 6) is 2.20. The maximum Gasteiger partial charge on any atom is 0.405 e. The van der Waals surface area contributed by atoms with Gasteiger partial charge in [0.25, 0.3) is 0 Å². The van der Waals surface area contributed by atoms with E-state index in [1.807, 2.05) is 0 Å². The standard InChI is InChI=1S/C32H51F3N2O4S/c1-20(5-10-28(39)37-17-13-21(14-18-37)29(32(33,34)35)36-42(4,40)41)25-8-9-26-24-7-6-22-19-23(38)11-15-30(22,2)27(24)12-16-31(25,26)3/h6,20-21,23-27,29,36,38H,5,7-19H2,1-4H3/t20-,23+,24+,25-,26+,27+,29?,30+,31-/m1/s1. The predicted molar refractivity (Wildman–Crippen MR) is 157 cm³/mol. The lowest BCUT2D eigenvalue weighted by molar-refractivity contribution is -0.167. The summed E-state index contributed by atoms with van der Waals surface area (Å²) in [6.07, 6.45) is 8.71. The van der Waals surface area contributed by atoms with Gasteiger partial charge >= 0.3 is 6.18 Å². The Bertz CT molecular complexity index is 1150. The summed E-state index contributed by atoms with van der Waals surface area (Å²) in [6.45, 7) is 7.71. The third kappa shape index (κ3) is 6.19. The number of aliphatic hydroxyl groups is 1. The summed E-state index contributed by atoms with van der Waals surface area (Å²) in [5.41, 5.74) is 2.00. The number of carbonyl (C=O) groups excluding carboxylic acids is 1. The summed E-state index contributed by atoms with van der Waals surface area (Å²) in [6, 6.07) is -2.12. The van der Waals surface area contributed by atoms with Crippen molar-refractivity contribution < 1.29 is 31.5 Å². The highest BCUT2D eigenvalue weighted by Gasteiger charge is 2.59. The molecule has 1 heterocycles. The van der Waals surface area contributed by atoms with Gasteiger partial charge in [0.05, 0.1) is 12.4 Å². The van der Waals surface area contributed by atoms with Crippen LogP contribution in [0.3, 0.4) is 0 Å². The number of sulfonamides is 1. The average Bonchev–Trinajstić information content (AvgIpc) is 3.27. The lowest BCUT2D eigenvalue weighted by Crippen LogP contribution is -2.53. The second-order valence-corrected chi connectivity index (χ2v) is 16.8. The number of carbonyl (C=O) groups is 1. The Hall–Kier alpha value is -1.13. The van der Waals surface area contributed by atoms with E-state index in [0.29, 0.717) is 36.0 Å². The van der Waals surface area contributed by atoms with Crippen LogP contribution in [0.4, 0.5) is 13.2 Å². The summed E-state index contributed by atoms with van der Waals surface area (Å²) < 4.78 is 65.6. The molecule has 1 saturated heterocycles. The van der Waals surface area contributed by atoms with Gasteiger partial charge in [0.2, 0.25) is 15.9 Å². The quantitative estimate of drug-likeness (QED) is 0.341. The molecule has 1 amide bonds. The first-order chi connectivity index (χ1) is 19.5. The van der Waals surface area contributed by atoms with E-state index in [-0.39, 0.29) is 48.8 Å². The Balaban J connectivity index is 1.15. The molecule has 0 radical (unpaired) electrons. The topological polar surface area (TPSA) is 86.7 Å². The van der Waals surface area contributed by atoms with Gasteiger partial charge in [-0.15, -0.1) is 0 Å². The predicted octanol–water partition coefficient (Wildman–Crippen LogP) is 6.06. The van der Waals surface area contributed by atoms with Gasteiger partial charge in [-0.2, -0.15) is 13.2 Å². The Kier molecular flexibility index (Phi) is 8.96. The molecule has 6 nitrogen and oxygen atoms in total. The van der Waals surface area contributed by atoms with Crippen LogP contribution >= 0.6 is 0 Å². The molecule has 1 unspecified atom stereocenters. The van der Waals surface area contributed by atoms with Crippen LogP contribution in [0, 0.1) is 46.3 Å². The molecule has 2 N–H and O–H groups in total. The van der Waals surface area contributed by atoms with Crippen molar-refractivity contribution in [2.24, 2.45) is 46.3 Å². The van der Waals surface area contributed by atoms with Crippen molar-refractivity contribution >= 4 is 15.9 Å². The first kappa shape index (κ1) is 32.3. The van der Waals surface area contributed by atoms with E-state index >= 15 is 0 Å². The Morgan fingerprint density at radius 1 is 1.10 bits per heavy atom. The third-order valence-corrected chi connectivity index (χ3v) is 13.4. The van der Waals surface area contributed by atoms with Crippen LogP contribution in [0.2, 0.25) is 0 Å². The van der Waals surface area contributed by atoms with Gasteiger partial charge in [-0.3, -0.25) is 4.79 Å². The van der Waals surface area contributed by atoms with Gasteiger partial charge in [-0.05, 0) is 117 Å². The van der Waals surface area contributed by atoms with Crippen LogP contribution in [0.1, 0.15) is 97.8 Å². The zero-order chi connectivity index (χ0) is 30.7. The molecule has 5 aliphatic rings. The highest BCUT2D eigenvalue weighted by atomic mass is 32.2. The number of likely N-dealkylation sites (tertiary alicyclic amines) is 1. The third-order valence-electron chi connectivity index (χ3n) is 12.7. The number of halogens is 3. The number of fused-ring (bicyclic) bond motifs is 5. The number of piperidine rings is 1. The van der Waals surface area contributed by atoms with Crippen molar-refractivity contribution in [2.45, 2.75) is 116 Å². The zero-order valence-corrected chi connectivity index (χ0v) is 26.6. The van der Waals surface area contributed by atoms with E-state index in [4.69, 9.17) is 0 Å². The zero-order valence-electron chi connectivity index (χ0n) is 25.8. The summed E-state index contributed by atoms with van der Waals surface area (Å²) >= 11 is 0. The Labute approximate surface area is 250 Å². The molecular formula is C32H51F3N2O4S. The van der Waals surface area contributed by atoms with Gasteiger partial charge < -0.3 is 10.0 Å². The lowest BCUT2D eigenvalue weighted by Gasteiger charge is -2.58. The second-order valence-electron chi connectivity index (χ2n) is 15.0. The largest absolute Gasteiger partial charge is 0.405 e. The molecule has 0 spiro atoms. The molecule has 240 valence electrons. The lowest BCUT2D eigenvalue weighted by atomic mass is 9.47. The molecule has 0 aromatic heterocycles. The number of rotatable bonds is 7. The first-order valence-corrected chi connectivity index (χ1v) is 18.1. The molecular weight excluding hydrogens is 565 g/mol. The average molecular weight is 617 g/mol. The smallest absolute Gasteiger partial charge is 0.393 e. The molecule has 3 saturated carbocycles. The number of hydrogen-bond acceptors (Lipinski definition) is 4. The molecule has 0 aromatic carbocycles. The molecule has 4 fully saturated rings. The Morgan fingerprint density at radius 3 is 2.43 bits per heavy atom. The molecule has 1 aliphatic heterocycles. The van der Waals surface area contributed by atoms with Gasteiger partial charge in [0.1, 0.15) is 6.04 Å². The van der Waals surface area contributed by atoms with Crippen molar-refractivity contribution in [2.75, 3.05) is 19.3 Å². The fourth-order valence-electron chi connectivity index (χ4n) is 10.5. The monoisotopic (exact) mass is 616 g/mol. The van der Waals surface area contributed by atoms with E-state index in [1.54, 1.807) is 9.62 Å². The van der Waals surface area contributed by atoms with E-state index in [2.05, 4.69) is 26.8 Å². The number of aliphatic hydroxyl groups excluding tert-OH is 1. The van der Waals surface area contributed by atoms with Crippen molar-refractivity contribution in [3.63, 3.8) is 0 Å². The second kappa shape index (κ2) is 11.7. The SMILES string of the molecule is C[C@H](CCC(=O)N1CCC(C(NS(C)(=O)=O)C(F)(F)F)CC1)[C@H]1CC[C@H]2[C@@H]3CC=C4C[C@@H](O)CC[C@]4(C)[C@H]3CC[C@]12C. The number of amides is 1. The minimum absolute atomic E-state index is 0.000645.